The quantitative estimate of drug-likeness (QED) is 0.779. The van der Waals surface area contributed by atoms with Crippen LogP contribution in [-0.4, -0.2) is 31.7 Å². The molecular formula is C16H20O4. The Morgan fingerprint density at radius 3 is 2.60 bits per heavy atom. The lowest BCUT2D eigenvalue weighted by molar-refractivity contribution is 0.0579. The van der Waals surface area contributed by atoms with E-state index in [-0.39, 0.29) is 17.8 Å². The van der Waals surface area contributed by atoms with Crippen molar-refractivity contribution < 1.29 is 19.0 Å². The predicted octanol–water partition coefficient (Wildman–Crippen LogP) is 2.70. The fourth-order valence-corrected chi connectivity index (χ4v) is 2.60. The van der Waals surface area contributed by atoms with Gasteiger partial charge >= 0.3 is 0 Å². The molecule has 3 atom stereocenters. The minimum absolute atomic E-state index is 0.0405. The molecule has 2 heterocycles. The predicted molar refractivity (Wildman–Crippen MR) is 74.4 cm³/mol. The third-order valence-electron chi connectivity index (χ3n) is 3.92. The van der Waals surface area contributed by atoms with Gasteiger partial charge in [0.1, 0.15) is 6.10 Å². The first-order chi connectivity index (χ1) is 9.65. The van der Waals surface area contributed by atoms with E-state index in [1.165, 1.54) is 0 Å². The van der Waals surface area contributed by atoms with Crippen molar-refractivity contribution >= 4 is 5.78 Å². The maximum Gasteiger partial charge on any atom is 0.191 e. The van der Waals surface area contributed by atoms with Gasteiger partial charge in [-0.1, -0.05) is 13.8 Å². The van der Waals surface area contributed by atoms with Crippen LogP contribution in [0.2, 0.25) is 0 Å². The van der Waals surface area contributed by atoms with Gasteiger partial charge in [0.25, 0.3) is 0 Å². The third kappa shape index (κ3) is 2.52. The van der Waals surface area contributed by atoms with Gasteiger partial charge < -0.3 is 14.2 Å². The number of hydrogen-bond donors (Lipinski definition) is 0. The van der Waals surface area contributed by atoms with E-state index in [4.69, 9.17) is 14.2 Å². The molecule has 1 aromatic carbocycles. The Labute approximate surface area is 119 Å². The molecule has 1 fully saturated rings. The summed E-state index contributed by atoms with van der Waals surface area (Å²) in [4.78, 5) is 12.5. The van der Waals surface area contributed by atoms with E-state index >= 15 is 0 Å². The van der Waals surface area contributed by atoms with Crippen molar-refractivity contribution in [3.8, 4) is 11.5 Å². The van der Waals surface area contributed by atoms with Crippen molar-refractivity contribution in [2.24, 2.45) is 11.8 Å². The molecule has 0 radical (unpaired) electrons. The summed E-state index contributed by atoms with van der Waals surface area (Å²) in [5.74, 6) is 2.04. The summed E-state index contributed by atoms with van der Waals surface area (Å²) in [5, 5.41) is 0. The highest BCUT2D eigenvalue weighted by Gasteiger charge is 2.32. The number of carbonyl (C=O) groups excluding carboxylic acids is 1. The van der Waals surface area contributed by atoms with Crippen molar-refractivity contribution in [2.75, 3.05) is 19.8 Å². The van der Waals surface area contributed by atoms with E-state index in [0.717, 1.165) is 6.42 Å². The summed E-state index contributed by atoms with van der Waals surface area (Å²) in [6, 6.07) is 5.40. The van der Waals surface area contributed by atoms with Gasteiger partial charge in [-0.3, -0.25) is 4.79 Å². The second kappa shape index (κ2) is 5.44. The number of ether oxygens (including phenoxy) is 3. The van der Waals surface area contributed by atoms with Gasteiger partial charge in [0.05, 0.1) is 13.2 Å². The molecule has 0 saturated carbocycles. The van der Waals surface area contributed by atoms with Crippen LogP contribution < -0.4 is 9.47 Å². The van der Waals surface area contributed by atoms with Crippen LogP contribution in [0.3, 0.4) is 0 Å². The Morgan fingerprint density at radius 1 is 1.15 bits per heavy atom. The van der Waals surface area contributed by atoms with Crippen LogP contribution in [0.5, 0.6) is 11.5 Å². The van der Waals surface area contributed by atoms with Gasteiger partial charge in [-0.05, 0) is 30.5 Å². The van der Waals surface area contributed by atoms with Crippen LogP contribution >= 0.6 is 0 Å². The van der Waals surface area contributed by atoms with Gasteiger partial charge in [-0.2, -0.15) is 0 Å². The molecule has 0 spiro atoms. The Bertz CT molecular complexity index is 511. The second-order valence-corrected chi connectivity index (χ2v) is 5.81. The van der Waals surface area contributed by atoms with Crippen LogP contribution in [-0.2, 0) is 4.74 Å². The number of ketones is 1. The normalized spacial score (nSPS) is 29.0. The summed E-state index contributed by atoms with van der Waals surface area (Å²) in [6.45, 7) is 6.05. The molecule has 0 N–H and O–H groups in total. The van der Waals surface area contributed by atoms with Crippen LogP contribution in [0.1, 0.15) is 30.6 Å². The van der Waals surface area contributed by atoms with E-state index in [1.807, 2.05) is 6.07 Å². The van der Waals surface area contributed by atoms with Crippen LogP contribution in [0.4, 0.5) is 0 Å². The highest BCUT2D eigenvalue weighted by molar-refractivity contribution is 6.00. The van der Waals surface area contributed by atoms with Gasteiger partial charge in [0.2, 0.25) is 0 Å². The first-order valence-corrected chi connectivity index (χ1v) is 7.20. The summed E-state index contributed by atoms with van der Waals surface area (Å²) >= 11 is 0. The Hall–Kier alpha value is -1.55. The first kappa shape index (κ1) is 13.4. The van der Waals surface area contributed by atoms with Crippen molar-refractivity contribution in [2.45, 2.75) is 26.4 Å². The molecule has 1 aromatic rings. The minimum atomic E-state index is -0.321. The Kier molecular flexibility index (Phi) is 3.66. The number of carbonyl (C=O) groups is 1. The Balaban J connectivity index is 1.83. The maximum absolute atomic E-state index is 12.5. The molecule has 20 heavy (non-hydrogen) atoms. The van der Waals surface area contributed by atoms with Crippen LogP contribution in [0, 0.1) is 11.8 Å². The molecule has 108 valence electrons. The molecule has 3 rings (SSSR count). The van der Waals surface area contributed by atoms with Gasteiger partial charge in [-0.15, -0.1) is 0 Å². The SMILES string of the molecule is CC1COc2ccc(C(=O)C3OCCC3C)cc2OC1. The zero-order chi connectivity index (χ0) is 14.1. The van der Waals surface area contributed by atoms with Crippen molar-refractivity contribution in [3.63, 3.8) is 0 Å². The fraction of sp³-hybridized carbons (Fsp3) is 0.562. The Morgan fingerprint density at radius 2 is 1.90 bits per heavy atom. The van der Waals surface area contributed by atoms with E-state index in [0.29, 0.717) is 42.8 Å². The van der Waals surface area contributed by atoms with Crippen LogP contribution in [0.25, 0.3) is 0 Å². The summed E-state index contributed by atoms with van der Waals surface area (Å²) in [5.41, 5.74) is 0.639. The number of Topliss-reactive ketones (excluding diaryl/α,β-unsaturated/α-hetero) is 1. The van der Waals surface area contributed by atoms with Crippen molar-refractivity contribution in [3.05, 3.63) is 23.8 Å². The molecule has 0 aliphatic carbocycles. The topological polar surface area (TPSA) is 44.8 Å². The van der Waals surface area contributed by atoms with E-state index < -0.39 is 0 Å². The minimum Gasteiger partial charge on any atom is -0.489 e. The summed E-state index contributed by atoms with van der Waals surface area (Å²) in [6.07, 6.45) is 0.622. The molecule has 3 unspecified atom stereocenters. The van der Waals surface area contributed by atoms with E-state index in [1.54, 1.807) is 12.1 Å². The first-order valence-electron chi connectivity index (χ1n) is 7.20. The summed E-state index contributed by atoms with van der Waals surface area (Å²) < 4.78 is 16.9. The van der Waals surface area contributed by atoms with E-state index in [9.17, 15) is 4.79 Å². The zero-order valence-electron chi connectivity index (χ0n) is 11.9. The highest BCUT2D eigenvalue weighted by Crippen LogP contribution is 2.33. The second-order valence-electron chi connectivity index (χ2n) is 5.81. The highest BCUT2D eigenvalue weighted by atomic mass is 16.5. The maximum atomic E-state index is 12.5. The molecule has 4 nitrogen and oxygen atoms in total. The number of rotatable bonds is 2. The molecule has 0 aromatic heterocycles. The number of hydrogen-bond acceptors (Lipinski definition) is 4. The average Bonchev–Trinajstić information content (AvgIpc) is 2.79. The molecule has 2 aliphatic rings. The lowest BCUT2D eigenvalue weighted by Crippen LogP contribution is -2.25. The lowest BCUT2D eigenvalue weighted by atomic mass is 9.96. The van der Waals surface area contributed by atoms with Gasteiger partial charge in [0, 0.05) is 18.1 Å². The molecule has 4 heteroatoms. The molecule has 0 amide bonds. The smallest absolute Gasteiger partial charge is 0.191 e. The van der Waals surface area contributed by atoms with E-state index in [2.05, 4.69) is 13.8 Å². The fourth-order valence-electron chi connectivity index (χ4n) is 2.60. The number of benzene rings is 1. The molecule has 0 bridgehead atoms. The average molecular weight is 276 g/mol. The molecule has 2 aliphatic heterocycles. The van der Waals surface area contributed by atoms with Crippen LogP contribution in [0.15, 0.2) is 18.2 Å². The lowest BCUT2D eigenvalue weighted by Gasteiger charge is -2.14. The van der Waals surface area contributed by atoms with Gasteiger partial charge in [0.15, 0.2) is 17.3 Å². The third-order valence-corrected chi connectivity index (χ3v) is 3.92. The van der Waals surface area contributed by atoms with Crippen molar-refractivity contribution in [1.29, 1.82) is 0 Å². The molecule has 1 saturated heterocycles. The number of fused-ring (bicyclic) bond motifs is 1. The standard InChI is InChI=1S/C16H20O4/c1-10-8-19-13-4-3-12(7-14(13)20-9-10)15(17)16-11(2)5-6-18-16/h3-4,7,10-11,16H,5-6,8-9H2,1-2H3. The van der Waals surface area contributed by atoms with Gasteiger partial charge in [-0.25, -0.2) is 0 Å². The monoisotopic (exact) mass is 276 g/mol. The molecular weight excluding hydrogens is 256 g/mol. The zero-order valence-corrected chi connectivity index (χ0v) is 11.9. The summed E-state index contributed by atoms with van der Waals surface area (Å²) in [7, 11) is 0. The van der Waals surface area contributed by atoms with Crippen molar-refractivity contribution in [1.82, 2.24) is 0 Å². The largest absolute Gasteiger partial charge is 0.489 e.